The van der Waals surface area contributed by atoms with E-state index >= 15 is 0 Å². The maximum atomic E-state index is 12.0. The molecule has 0 aliphatic rings. The number of pyridine rings is 1. The third-order valence-corrected chi connectivity index (χ3v) is 3.40. The van der Waals surface area contributed by atoms with Gasteiger partial charge in [0.15, 0.2) is 0 Å². The zero-order valence-electron chi connectivity index (χ0n) is 11.7. The molecule has 0 fully saturated rings. The zero-order chi connectivity index (χ0) is 15.9. The molecule has 0 aliphatic heterocycles. The quantitative estimate of drug-likeness (QED) is 0.883. The molecular weight excluding hydrogens is 302 g/mol. The van der Waals surface area contributed by atoms with Gasteiger partial charge in [-0.3, -0.25) is 9.78 Å². The molecule has 2 rings (SSSR count). The minimum atomic E-state index is -0.460. The van der Waals surface area contributed by atoms with E-state index in [0.29, 0.717) is 22.7 Å². The molecule has 2 N–H and O–H groups in total. The number of carbonyl (C=O) groups is 1. The van der Waals surface area contributed by atoms with Gasteiger partial charge < -0.3 is 10.4 Å². The fourth-order valence-corrected chi connectivity index (χ4v) is 2.22. The number of carbonyl (C=O) groups excluding carboxylic acids is 1. The van der Waals surface area contributed by atoms with Crippen LogP contribution < -0.4 is 5.32 Å². The summed E-state index contributed by atoms with van der Waals surface area (Å²) in [6.45, 7) is -0.212. The third-order valence-electron chi connectivity index (χ3n) is 3.09. The molecule has 1 heterocycles. The van der Waals surface area contributed by atoms with Gasteiger partial charge in [-0.25, -0.2) is 0 Å². The molecule has 0 spiro atoms. The summed E-state index contributed by atoms with van der Waals surface area (Å²) in [7, 11) is 0. The van der Waals surface area contributed by atoms with Gasteiger partial charge in [-0.15, -0.1) is 0 Å². The van der Waals surface area contributed by atoms with Crippen LogP contribution in [0.2, 0.25) is 5.02 Å². The highest BCUT2D eigenvalue weighted by atomic mass is 35.5. The Kier molecular flexibility index (Phi) is 5.48. The molecule has 0 bridgehead atoms. The van der Waals surface area contributed by atoms with Gasteiger partial charge in [0, 0.05) is 6.20 Å². The molecule has 1 amide bonds. The SMILES string of the molecule is N#Cc1ccc(CC(CO)NC(=O)c2ccccn2)cc1Cl. The lowest BCUT2D eigenvalue weighted by atomic mass is 10.0. The van der Waals surface area contributed by atoms with Crippen molar-refractivity contribution < 1.29 is 9.90 Å². The highest BCUT2D eigenvalue weighted by molar-refractivity contribution is 6.31. The molecule has 1 aromatic carbocycles. The highest BCUT2D eigenvalue weighted by Crippen LogP contribution is 2.18. The Morgan fingerprint density at radius 1 is 1.41 bits per heavy atom. The summed E-state index contributed by atoms with van der Waals surface area (Å²) in [5, 5.41) is 21.4. The van der Waals surface area contributed by atoms with Gasteiger partial charge in [0.05, 0.1) is 23.2 Å². The molecule has 2 aromatic rings. The zero-order valence-corrected chi connectivity index (χ0v) is 12.4. The number of amides is 1. The van der Waals surface area contributed by atoms with Crippen molar-refractivity contribution in [3.63, 3.8) is 0 Å². The summed E-state index contributed by atoms with van der Waals surface area (Å²) in [5.41, 5.74) is 1.51. The first-order chi connectivity index (χ1) is 10.6. The second-order valence-corrected chi connectivity index (χ2v) is 5.11. The van der Waals surface area contributed by atoms with Gasteiger partial charge in [-0.1, -0.05) is 23.7 Å². The molecule has 1 atom stereocenters. The van der Waals surface area contributed by atoms with Crippen molar-refractivity contribution in [1.82, 2.24) is 10.3 Å². The number of benzene rings is 1. The second kappa shape index (κ2) is 7.55. The molecular formula is C16H14ClN3O2. The standard InChI is InChI=1S/C16H14ClN3O2/c17-14-8-11(4-5-12(14)9-18)7-13(10-21)20-16(22)15-3-1-2-6-19-15/h1-6,8,13,21H,7,10H2,(H,20,22). The molecule has 112 valence electrons. The Hall–Kier alpha value is -2.42. The number of hydrogen-bond donors (Lipinski definition) is 2. The molecule has 5 nitrogen and oxygen atoms in total. The lowest BCUT2D eigenvalue weighted by molar-refractivity contribution is 0.0911. The maximum Gasteiger partial charge on any atom is 0.270 e. The van der Waals surface area contributed by atoms with Crippen LogP contribution in [0.3, 0.4) is 0 Å². The molecule has 1 aromatic heterocycles. The summed E-state index contributed by atoms with van der Waals surface area (Å²) in [6.07, 6.45) is 1.93. The second-order valence-electron chi connectivity index (χ2n) is 4.70. The predicted octanol–water partition coefficient (Wildman–Crippen LogP) is 1.94. The number of hydrogen-bond acceptors (Lipinski definition) is 4. The van der Waals surface area contributed by atoms with Gasteiger partial charge in [-0.2, -0.15) is 5.26 Å². The van der Waals surface area contributed by atoms with Crippen molar-refractivity contribution >= 4 is 17.5 Å². The molecule has 1 unspecified atom stereocenters. The largest absolute Gasteiger partial charge is 0.394 e. The van der Waals surface area contributed by atoms with E-state index in [1.165, 1.54) is 6.20 Å². The minimum Gasteiger partial charge on any atom is -0.394 e. The number of halogens is 1. The predicted molar refractivity (Wildman–Crippen MR) is 82.4 cm³/mol. The molecule has 0 saturated heterocycles. The fraction of sp³-hybridized carbons (Fsp3) is 0.188. The van der Waals surface area contributed by atoms with Gasteiger partial charge in [0.2, 0.25) is 0 Å². The first-order valence-electron chi connectivity index (χ1n) is 6.65. The van der Waals surface area contributed by atoms with E-state index in [1.54, 1.807) is 36.4 Å². The van der Waals surface area contributed by atoms with Crippen molar-refractivity contribution in [1.29, 1.82) is 5.26 Å². The highest BCUT2D eigenvalue weighted by Gasteiger charge is 2.15. The van der Waals surface area contributed by atoms with Crippen molar-refractivity contribution in [2.75, 3.05) is 6.61 Å². The molecule has 6 heteroatoms. The number of aromatic nitrogens is 1. The average Bonchev–Trinajstić information content (AvgIpc) is 2.55. The number of nitrogens with one attached hydrogen (secondary N) is 1. The van der Waals surface area contributed by atoms with E-state index in [9.17, 15) is 9.90 Å². The Labute approximate surface area is 133 Å². The molecule has 0 radical (unpaired) electrons. The molecule has 0 saturated carbocycles. The summed E-state index contributed by atoms with van der Waals surface area (Å²) in [4.78, 5) is 16.0. The Bertz CT molecular complexity index is 698. The third kappa shape index (κ3) is 4.04. The summed E-state index contributed by atoms with van der Waals surface area (Å²) < 4.78 is 0. The number of rotatable bonds is 5. The molecule has 22 heavy (non-hydrogen) atoms. The van der Waals surface area contributed by atoms with Crippen LogP contribution in [0.25, 0.3) is 0 Å². The van der Waals surface area contributed by atoms with Crippen molar-refractivity contribution in [2.45, 2.75) is 12.5 Å². The van der Waals surface area contributed by atoms with Crippen molar-refractivity contribution in [3.8, 4) is 6.07 Å². The lowest BCUT2D eigenvalue weighted by Crippen LogP contribution is -2.39. The van der Waals surface area contributed by atoms with E-state index in [1.807, 2.05) is 6.07 Å². The van der Waals surface area contributed by atoms with Crippen LogP contribution in [0, 0.1) is 11.3 Å². The Morgan fingerprint density at radius 2 is 2.23 bits per heavy atom. The summed E-state index contributed by atoms with van der Waals surface area (Å²) in [5.74, 6) is -0.348. The van der Waals surface area contributed by atoms with E-state index in [2.05, 4.69) is 10.3 Å². The average molecular weight is 316 g/mol. The van der Waals surface area contributed by atoms with Gasteiger partial charge >= 0.3 is 0 Å². The maximum absolute atomic E-state index is 12.0. The van der Waals surface area contributed by atoms with E-state index in [4.69, 9.17) is 16.9 Å². The van der Waals surface area contributed by atoms with Crippen LogP contribution in [0.4, 0.5) is 0 Å². The van der Waals surface area contributed by atoms with Gasteiger partial charge in [-0.05, 0) is 36.2 Å². The van der Waals surface area contributed by atoms with Crippen LogP contribution in [0.1, 0.15) is 21.6 Å². The first kappa shape index (κ1) is 16.0. The number of aliphatic hydroxyl groups is 1. The normalized spacial score (nSPS) is 11.5. The van der Waals surface area contributed by atoms with Crippen LogP contribution >= 0.6 is 11.6 Å². The Morgan fingerprint density at radius 3 is 2.82 bits per heavy atom. The van der Waals surface area contributed by atoms with Gasteiger partial charge in [0.1, 0.15) is 11.8 Å². The van der Waals surface area contributed by atoms with E-state index < -0.39 is 6.04 Å². The Balaban J connectivity index is 2.05. The van der Waals surface area contributed by atoms with Gasteiger partial charge in [0.25, 0.3) is 5.91 Å². The summed E-state index contributed by atoms with van der Waals surface area (Å²) in [6, 6.07) is 11.6. The van der Waals surface area contributed by atoms with E-state index in [-0.39, 0.29) is 12.5 Å². The van der Waals surface area contributed by atoms with Crippen LogP contribution in [0.15, 0.2) is 42.6 Å². The van der Waals surface area contributed by atoms with Crippen LogP contribution in [-0.4, -0.2) is 28.6 Å². The minimum absolute atomic E-state index is 0.212. The van der Waals surface area contributed by atoms with Crippen molar-refractivity contribution in [3.05, 3.63) is 64.4 Å². The first-order valence-corrected chi connectivity index (χ1v) is 7.03. The number of nitriles is 1. The molecule has 0 aliphatic carbocycles. The lowest BCUT2D eigenvalue weighted by Gasteiger charge is -2.16. The van der Waals surface area contributed by atoms with Crippen molar-refractivity contribution in [2.24, 2.45) is 0 Å². The fourth-order valence-electron chi connectivity index (χ4n) is 1.98. The van der Waals surface area contributed by atoms with Crippen LogP contribution in [0.5, 0.6) is 0 Å². The monoisotopic (exact) mass is 315 g/mol. The van der Waals surface area contributed by atoms with E-state index in [0.717, 1.165) is 5.56 Å². The smallest absolute Gasteiger partial charge is 0.270 e. The van der Waals surface area contributed by atoms with Crippen LogP contribution in [-0.2, 0) is 6.42 Å². The topological polar surface area (TPSA) is 86.0 Å². The number of nitrogens with zero attached hydrogens (tertiary/aromatic N) is 2. The summed E-state index contributed by atoms with van der Waals surface area (Å²) >= 11 is 5.98. The number of aliphatic hydroxyl groups excluding tert-OH is 1.